The molecule has 1 saturated carbocycles. The molecule has 94 valence electrons. The molecule has 1 aliphatic carbocycles. The highest BCUT2D eigenvalue weighted by Crippen LogP contribution is 2.37. The molecule has 1 aromatic carbocycles. The van der Waals surface area contributed by atoms with E-state index in [1.165, 1.54) is 5.56 Å². The van der Waals surface area contributed by atoms with Gasteiger partial charge in [0, 0.05) is 12.3 Å². The van der Waals surface area contributed by atoms with E-state index >= 15 is 0 Å². The Bertz CT molecular complexity index is 372. The third-order valence-electron chi connectivity index (χ3n) is 3.49. The smallest absolute Gasteiger partial charge is 0.0663 e. The number of hydrogen-bond donors (Lipinski definition) is 2. The highest BCUT2D eigenvalue weighted by Gasteiger charge is 2.44. The van der Waals surface area contributed by atoms with Crippen LogP contribution in [-0.2, 0) is 4.74 Å². The number of hydrogen-bond acceptors (Lipinski definition) is 3. The van der Waals surface area contributed by atoms with Gasteiger partial charge in [-0.1, -0.05) is 18.2 Å². The molecule has 0 aliphatic heterocycles. The van der Waals surface area contributed by atoms with Crippen molar-refractivity contribution >= 4 is 5.69 Å². The lowest BCUT2D eigenvalue weighted by atomic mass is 9.74. The van der Waals surface area contributed by atoms with Gasteiger partial charge in [0.15, 0.2) is 0 Å². The molecule has 0 amide bonds. The first kappa shape index (κ1) is 12.4. The van der Waals surface area contributed by atoms with Gasteiger partial charge in [0.25, 0.3) is 0 Å². The molecule has 0 heterocycles. The van der Waals surface area contributed by atoms with Crippen LogP contribution in [0.4, 0.5) is 5.69 Å². The van der Waals surface area contributed by atoms with Gasteiger partial charge in [-0.15, -0.1) is 0 Å². The SMILES string of the molecule is CCOC1CC(CO)(Nc2ccccc2C)C1. The van der Waals surface area contributed by atoms with Crippen LogP contribution in [0.25, 0.3) is 0 Å². The Balaban J connectivity index is 2.00. The average Bonchev–Trinajstić information content (AvgIpc) is 2.29. The van der Waals surface area contributed by atoms with Crippen LogP contribution >= 0.6 is 0 Å². The second kappa shape index (κ2) is 5.07. The van der Waals surface area contributed by atoms with E-state index in [9.17, 15) is 5.11 Å². The van der Waals surface area contributed by atoms with Crippen molar-refractivity contribution in [3.05, 3.63) is 29.8 Å². The number of aliphatic hydroxyl groups excluding tert-OH is 1. The van der Waals surface area contributed by atoms with Gasteiger partial charge in [-0.25, -0.2) is 0 Å². The standard InChI is InChI=1S/C14H21NO2/c1-3-17-12-8-14(9-12,10-16)15-13-7-5-4-6-11(13)2/h4-7,12,15-16H,3,8-10H2,1-2H3. The van der Waals surface area contributed by atoms with Crippen LogP contribution in [-0.4, -0.2) is 30.0 Å². The summed E-state index contributed by atoms with van der Waals surface area (Å²) in [7, 11) is 0. The lowest BCUT2D eigenvalue weighted by Gasteiger charge is -2.47. The third-order valence-corrected chi connectivity index (χ3v) is 3.49. The maximum atomic E-state index is 9.56. The topological polar surface area (TPSA) is 41.5 Å². The van der Waals surface area contributed by atoms with Crippen LogP contribution < -0.4 is 5.32 Å². The van der Waals surface area contributed by atoms with Gasteiger partial charge >= 0.3 is 0 Å². The molecule has 0 saturated heterocycles. The summed E-state index contributed by atoms with van der Waals surface area (Å²) in [5, 5.41) is 13.0. The van der Waals surface area contributed by atoms with Crippen LogP contribution in [0, 0.1) is 6.92 Å². The quantitative estimate of drug-likeness (QED) is 0.823. The molecule has 0 aromatic heterocycles. The average molecular weight is 235 g/mol. The predicted molar refractivity (Wildman–Crippen MR) is 69.3 cm³/mol. The first-order valence-electron chi connectivity index (χ1n) is 6.25. The Morgan fingerprint density at radius 1 is 1.41 bits per heavy atom. The number of anilines is 1. The Labute approximate surface area is 103 Å². The van der Waals surface area contributed by atoms with Crippen molar-refractivity contribution in [1.29, 1.82) is 0 Å². The van der Waals surface area contributed by atoms with E-state index in [2.05, 4.69) is 24.4 Å². The van der Waals surface area contributed by atoms with Gasteiger partial charge < -0.3 is 15.2 Å². The van der Waals surface area contributed by atoms with Gasteiger partial charge in [-0.2, -0.15) is 0 Å². The van der Waals surface area contributed by atoms with Crippen molar-refractivity contribution in [3.8, 4) is 0 Å². The van der Waals surface area contributed by atoms with Crippen molar-refractivity contribution in [2.45, 2.75) is 38.3 Å². The second-order valence-corrected chi connectivity index (χ2v) is 4.86. The Morgan fingerprint density at radius 2 is 2.12 bits per heavy atom. The molecule has 0 spiro atoms. The number of benzene rings is 1. The van der Waals surface area contributed by atoms with Crippen molar-refractivity contribution in [2.75, 3.05) is 18.5 Å². The Kier molecular flexibility index (Phi) is 3.69. The zero-order valence-corrected chi connectivity index (χ0v) is 10.6. The fourth-order valence-corrected chi connectivity index (χ4v) is 2.43. The third kappa shape index (κ3) is 2.61. The largest absolute Gasteiger partial charge is 0.394 e. The lowest BCUT2D eigenvalue weighted by Crippen LogP contribution is -2.56. The van der Waals surface area contributed by atoms with Gasteiger partial charge in [-0.3, -0.25) is 0 Å². The molecule has 3 nitrogen and oxygen atoms in total. The molecule has 0 bridgehead atoms. The summed E-state index contributed by atoms with van der Waals surface area (Å²) >= 11 is 0. The summed E-state index contributed by atoms with van der Waals surface area (Å²) in [6.07, 6.45) is 2.06. The van der Waals surface area contributed by atoms with Crippen LogP contribution in [0.1, 0.15) is 25.3 Å². The zero-order valence-electron chi connectivity index (χ0n) is 10.6. The molecule has 3 heteroatoms. The van der Waals surface area contributed by atoms with Crippen molar-refractivity contribution in [2.24, 2.45) is 0 Å². The fourth-order valence-electron chi connectivity index (χ4n) is 2.43. The molecule has 2 N–H and O–H groups in total. The Hall–Kier alpha value is -1.06. The van der Waals surface area contributed by atoms with E-state index in [0.29, 0.717) is 6.10 Å². The molecular weight excluding hydrogens is 214 g/mol. The number of para-hydroxylation sites is 1. The van der Waals surface area contributed by atoms with Crippen molar-refractivity contribution < 1.29 is 9.84 Å². The maximum Gasteiger partial charge on any atom is 0.0663 e. The zero-order chi connectivity index (χ0) is 12.3. The molecule has 0 atom stereocenters. The highest BCUT2D eigenvalue weighted by atomic mass is 16.5. The minimum absolute atomic E-state index is 0.158. The Morgan fingerprint density at radius 3 is 2.71 bits per heavy atom. The van der Waals surface area contributed by atoms with E-state index < -0.39 is 0 Å². The summed E-state index contributed by atoms with van der Waals surface area (Å²) in [5.74, 6) is 0. The predicted octanol–water partition coefficient (Wildman–Crippen LogP) is 2.34. The van der Waals surface area contributed by atoms with Crippen molar-refractivity contribution in [3.63, 3.8) is 0 Å². The minimum atomic E-state index is -0.189. The van der Waals surface area contributed by atoms with Crippen LogP contribution in [0.15, 0.2) is 24.3 Å². The molecule has 0 unspecified atom stereocenters. The summed E-state index contributed by atoms with van der Waals surface area (Å²) in [5.41, 5.74) is 2.13. The van der Waals surface area contributed by atoms with Crippen LogP contribution in [0.2, 0.25) is 0 Å². The van der Waals surface area contributed by atoms with E-state index in [1.54, 1.807) is 0 Å². The summed E-state index contributed by atoms with van der Waals surface area (Å²) in [4.78, 5) is 0. The van der Waals surface area contributed by atoms with E-state index in [-0.39, 0.29) is 12.1 Å². The van der Waals surface area contributed by atoms with Gasteiger partial charge in [0.2, 0.25) is 0 Å². The first-order chi connectivity index (χ1) is 8.19. The number of nitrogens with one attached hydrogen (secondary N) is 1. The van der Waals surface area contributed by atoms with Gasteiger partial charge in [0.05, 0.1) is 18.2 Å². The molecular formula is C14H21NO2. The number of rotatable bonds is 5. The van der Waals surface area contributed by atoms with Crippen LogP contribution in [0.5, 0.6) is 0 Å². The monoisotopic (exact) mass is 235 g/mol. The molecule has 1 aromatic rings. The summed E-state index contributed by atoms with van der Waals surface area (Å²) in [6.45, 7) is 4.99. The minimum Gasteiger partial charge on any atom is -0.394 e. The van der Waals surface area contributed by atoms with Gasteiger partial charge in [-0.05, 0) is 38.3 Å². The molecule has 17 heavy (non-hydrogen) atoms. The van der Waals surface area contributed by atoms with E-state index in [1.807, 2.05) is 19.1 Å². The van der Waals surface area contributed by atoms with Crippen LogP contribution in [0.3, 0.4) is 0 Å². The van der Waals surface area contributed by atoms with Gasteiger partial charge in [0.1, 0.15) is 0 Å². The highest BCUT2D eigenvalue weighted by molar-refractivity contribution is 5.53. The molecule has 1 aliphatic rings. The normalized spacial score (nSPS) is 27.6. The lowest BCUT2D eigenvalue weighted by molar-refractivity contribution is -0.0458. The van der Waals surface area contributed by atoms with E-state index in [4.69, 9.17) is 4.74 Å². The molecule has 1 fully saturated rings. The first-order valence-corrected chi connectivity index (χ1v) is 6.25. The molecule has 0 radical (unpaired) electrons. The summed E-state index contributed by atoms with van der Waals surface area (Å²) < 4.78 is 5.55. The molecule has 2 rings (SSSR count). The van der Waals surface area contributed by atoms with Crippen molar-refractivity contribution in [1.82, 2.24) is 0 Å². The maximum absolute atomic E-state index is 9.56. The second-order valence-electron chi connectivity index (χ2n) is 4.86. The number of aryl methyl sites for hydroxylation is 1. The number of ether oxygens (including phenoxy) is 1. The van der Waals surface area contributed by atoms with E-state index in [0.717, 1.165) is 25.1 Å². The fraction of sp³-hybridized carbons (Fsp3) is 0.571. The summed E-state index contributed by atoms with van der Waals surface area (Å²) in [6, 6.07) is 8.17. The number of aliphatic hydroxyl groups is 1.